The summed E-state index contributed by atoms with van der Waals surface area (Å²) in [7, 11) is 0. The van der Waals surface area contributed by atoms with Crippen LogP contribution in [0, 0.1) is 0 Å². The summed E-state index contributed by atoms with van der Waals surface area (Å²) in [6.45, 7) is 0.645. The first-order valence-electron chi connectivity index (χ1n) is 6.07. The summed E-state index contributed by atoms with van der Waals surface area (Å²) in [6.07, 6.45) is 6.71. The van der Waals surface area contributed by atoms with Crippen molar-refractivity contribution in [3.8, 4) is 11.4 Å². The lowest BCUT2D eigenvalue weighted by molar-refractivity contribution is 0.687. The van der Waals surface area contributed by atoms with Crippen molar-refractivity contribution in [3.63, 3.8) is 0 Å². The van der Waals surface area contributed by atoms with Gasteiger partial charge in [0.15, 0.2) is 0 Å². The molecule has 5 nitrogen and oxygen atoms in total. The second kappa shape index (κ2) is 5.42. The summed E-state index contributed by atoms with van der Waals surface area (Å²) in [4.78, 5) is 8.25. The zero-order chi connectivity index (χ0) is 13.9. The number of nitrogens with two attached hydrogens (primary N) is 1. The van der Waals surface area contributed by atoms with Gasteiger partial charge in [0, 0.05) is 23.1 Å². The molecule has 2 aromatic heterocycles. The SMILES string of the molecule is Nc1cn(Cc2ccccc2Br)nc1-c1cnccn1. The third-order valence-corrected chi connectivity index (χ3v) is 3.66. The van der Waals surface area contributed by atoms with Crippen molar-refractivity contribution < 1.29 is 0 Å². The summed E-state index contributed by atoms with van der Waals surface area (Å²) < 4.78 is 2.86. The fraction of sp³-hybridized carbons (Fsp3) is 0.0714. The average molecular weight is 330 g/mol. The minimum atomic E-state index is 0.595. The molecule has 2 N–H and O–H groups in total. The van der Waals surface area contributed by atoms with Gasteiger partial charge in [0.2, 0.25) is 0 Å². The van der Waals surface area contributed by atoms with Crippen molar-refractivity contribution in [3.05, 3.63) is 59.1 Å². The molecule has 3 rings (SSSR count). The molecule has 2 heterocycles. The predicted octanol–water partition coefficient (Wildman–Crippen LogP) is 2.73. The van der Waals surface area contributed by atoms with Gasteiger partial charge in [0.1, 0.15) is 11.4 Å². The monoisotopic (exact) mass is 329 g/mol. The largest absolute Gasteiger partial charge is 0.396 e. The Morgan fingerprint density at radius 2 is 2.05 bits per heavy atom. The molecule has 6 heteroatoms. The number of halogens is 1. The van der Waals surface area contributed by atoms with E-state index < -0.39 is 0 Å². The van der Waals surface area contributed by atoms with Crippen molar-refractivity contribution in [1.82, 2.24) is 19.7 Å². The lowest BCUT2D eigenvalue weighted by atomic mass is 10.2. The van der Waals surface area contributed by atoms with Crippen molar-refractivity contribution >= 4 is 21.6 Å². The highest BCUT2D eigenvalue weighted by Crippen LogP contribution is 2.23. The number of nitrogens with zero attached hydrogens (tertiary/aromatic N) is 4. The zero-order valence-corrected chi connectivity index (χ0v) is 12.2. The Morgan fingerprint density at radius 3 is 2.80 bits per heavy atom. The molecule has 0 fully saturated rings. The van der Waals surface area contributed by atoms with E-state index in [2.05, 4.69) is 31.0 Å². The molecule has 0 aliphatic heterocycles. The molecule has 1 aromatic carbocycles. The van der Waals surface area contributed by atoms with Crippen molar-refractivity contribution in [2.75, 3.05) is 5.73 Å². The van der Waals surface area contributed by atoms with Crippen molar-refractivity contribution in [1.29, 1.82) is 0 Å². The Bertz CT molecular complexity index is 723. The van der Waals surface area contributed by atoms with E-state index in [0.717, 1.165) is 10.0 Å². The number of anilines is 1. The van der Waals surface area contributed by atoms with Crippen LogP contribution in [0.15, 0.2) is 53.5 Å². The predicted molar refractivity (Wildman–Crippen MR) is 80.9 cm³/mol. The van der Waals surface area contributed by atoms with Crippen LogP contribution >= 0.6 is 15.9 Å². The van der Waals surface area contributed by atoms with Gasteiger partial charge in [0.05, 0.1) is 18.4 Å². The molecule has 0 saturated carbocycles. The lowest BCUT2D eigenvalue weighted by Gasteiger charge is -2.04. The molecule has 0 spiro atoms. The van der Waals surface area contributed by atoms with Crippen LogP contribution in [0.4, 0.5) is 5.69 Å². The van der Waals surface area contributed by atoms with Gasteiger partial charge in [-0.05, 0) is 11.6 Å². The van der Waals surface area contributed by atoms with E-state index in [4.69, 9.17) is 5.73 Å². The maximum absolute atomic E-state index is 6.00. The Hall–Kier alpha value is -2.21. The van der Waals surface area contributed by atoms with E-state index in [1.165, 1.54) is 0 Å². The summed E-state index contributed by atoms with van der Waals surface area (Å²) in [5.41, 5.74) is 9.07. The topological polar surface area (TPSA) is 69.6 Å². The van der Waals surface area contributed by atoms with Crippen LogP contribution in [0.3, 0.4) is 0 Å². The fourth-order valence-electron chi connectivity index (χ4n) is 1.94. The second-order valence-corrected chi connectivity index (χ2v) is 5.17. The van der Waals surface area contributed by atoms with Crippen LogP contribution in [0.1, 0.15) is 5.56 Å². The molecule has 0 amide bonds. The molecule has 0 radical (unpaired) electrons. The quantitative estimate of drug-likeness (QED) is 0.802. The lowest BCUT2D eigenvalue weighted by Crippen LogP contribution is -2.01. The van der Waals surface area contributed by atoms with Crippen LogP contribution in [0.2, 0.25) is 0 Å². The van der Waals surface area contributed by atoms with E-state index >= 15 is 0 Å². The zero-order valence-electron chi connectivity index (χ0n) is 10.6. The van der Waals surface area contributed by atoms with Gasteiger partial charge in [-0.1, -0.05) is 34.1 Å². The molecule has 0 aliphatic rings. The van der Waals surface area contributed by atoms with E-state index in [0.29, 0.717) is 23.6 Å². The van der Waals surface area contributed by atoms with Gasteiger partial charge in [-0.25, -0.2) is 0 Å². The van der Waals surface area contributed by atoms with Gasteiger partial charge < -0.3 is 5.73 Å². The highest BCUT2D eigenvalue weighted by atomic mass is 79.9. The molecule has 20 heavy (non-hydrogen) atoms. The number of hydrogen-bond donors (Lipinski definition) is 1. The molecule has 0 saturated heterocycles. The number of hydrogen-bond acceptors (Lipinski definition) is 4. The molecular formula is C14H12BrN5. The standard InChI is InChI=1S/C14H12BrN5/c15-11-4-2-1-3-10(11)8-20-9-12(16)14(19-20)13-7-17-5-6-18-13/h1-7,9H,8,16H2. The Balaban J connectivity index is 1.92. The normalized spacial score (nSPS) is 10.7. The molecule has 0 aliphatic carbocycles. The third kappa shape index (κ3) is 2.55. The number of rotatable bonds is 3. The number of aromatic nitrogens is 4. The number of benzene rings is 1. The number of nitrogen functional groups attached to an aromatic ring is 1. The first-order chi connectivity index (χ1) is 9.74. The molecule has 3 aromatic rings. The summed E-state index contributed by atoms with van der Waals surface area (Å²) in [5.74, 6) is 0. The third-order valence-electron chi connectivity index (χ3n) is 2.89. The van der Waals surface area contributed by atoms with Crippen LogP contribution in [0.5, 0.6) is 0 Å². The molecule has 0 unspecified atom stereocenters. The highest BCUT2D eigenvalue weighted by molar-refractivity contribution is 9.10. The van der Waals surface area contributed by atoms with Gasteiger partial charge in [-0.3, -0.25) is 14.6 Å². The van der Waals surface area contributed by atoms with E-state index in [1.54, 1.807) is 23.3 Å². The Kier molecular flexibility index (Phi) is 3.47. The van der Waals surface area contributed by atoms with Gasteiger partial charge >= 0.3 is 0 Å². The minimum absolute atomic E-state index is 0.595. The van der Waals surface area contributed by atoms with Crippen molar-refractivity contribution in [2.45, 2.75) is 6.54 Å². The Labute approximate surface area is 124 Å². The Morgan fingerprint density at radius 1 is 1.20 bits per heavy atom. The summed E-state index contributed by atoms with van der Waals surface area (Å²) >= 11 is 3.53. The molecule has 0 atom stereocenters. The molecule has 0 bridgehead atoms. The van der Waals surface area contributed by atoms with E-state index in [1.807, 2.05) is 30.5 Å². The average Bonchev–Trinajstić information content (AvgIpc) is 2.83. The smallest absolute Gasteiger partial charge is 0.135 e. The molecular weight excluding hydrogens is 318 g/mol. The fourth-order valence-corrected chi connectivity index (χ4v) is 2.35. The van der Waals surface area contributed by atoms with Gasteiger partial charge in [-0.15, -0.1) is 0 Å². The van der Waals surface area contributed by atoms with Crippen LogP contribution < -0.4 is 5.73 Å². The van der Waals surface area contributed by atoms with Crippen LogP contribution in [0.25, 0.3) is 11.4 Å². The maximum Gasteiger partial charge on any atom is 0.135 e. The molecule has 100 valence electrons. The van der Waals surface area contributed by atoms with Gasteiger partial charge in [-0.2, -0.15) is 5.10 Å². The maximum atomic E-state index is 6.00. The van der Waals surface area contributed by atoms with E-state index in [9.17, 15) is 0 Å². The van der Waals surface area contributed by atoms with Gasteiger partial charge in [0.25, 0.3) is 0 Å². The first-order valence-corrected chi connectivity index (χ1v) is 6.86. The van der Waals surface area contributed by atoms with E-state index in [-0.39, 0.29) is 0 Å². The minimum Gasteiger partial charge on any atom is -0.396 e. The highest BCUT2D eigenvalue weighted by Gasteiger charge is 2.10. The van der Waals surface area contributed by atoms with Crippen LogP contribution in [-0.4, -0.2) is 19.7 Å². The summed E-state index contributed by atoms with van der Waals surface area (Å²) in [6, 6.07) is 8.03. The van der Waals surface area contributed by atoms with Crippen LogP contribution in [-0.2, 0) is 6.54 Å². The second-order valence-electron chi connectivity index (χ2n) is 4.31. The summed E-state index contributed by atoms with van der Waals surface area (Å²) in [5, 5.41) is 4.48. The van der Waals surface area contributed by atoms with Crippen molar-refractivity contribution in [2.24, 2.45) is 0 Å². The first kappa shape index (κ1) is 12.8.